The van der Waals surface area contributed by atoms with Crippen molar-refractivity contribution in [3.8, 4) is 0 Å². The number of hydrogen-bond acceptors (Lipinski definition) is 3. The van der Waals surface area contributed by atoms with Gasteiger partial charge in [0.05, 0.1) is 17.6 Å². The number of benzene rings is 1. The van der Waals surface area contributed by atoms with Crippen molar-refractivity contribution in [3.05, 3.63) is 35.9 Å². The van der Waals surface area contributed by atoms with E-state index in [9.17, 15) is 8.42 Å². The van der Waals surface area contributed by atoms with E-state index in [0.717, 1.165) is 18.7 Å². The zero-order valence-corrected chi connectivity index (χ0v) is 13.7. The highest BCUT2D eigenvalue weighted by atomic mass is 32.2. The molecule has 0 saturated heterocycles. The number of nitrogens with one attached hydrogen (secondary N) is 2. The first-order valence-electron chi connectivity index (χ1n) is 7.31. The van der Waals surface area contributed by atoms with Crippen LogP contribution in [-0.2, 0) is 10.0 Å². The Morgan fingerprint density at radius 2 is 1.90 bits per heavy atom. The summed E-state index contributed by atoms with van der Waals surface area (Å²) in [6.07, 6.45) is 5.79. The average Bonchev–Trinajstić information content (AvgIpc) is 2.35. The summed E-state index contributed by atoms with van der Waals surface area (Å²) in [6.45, 7) is 5.29. The highest BCUT2D eigenvalue weighted by Crippen LogP contribution is 2.29. The Balaban J connectivity index is 2.02. The Labute approximate surface area is 127 Å². The molecule has 21 heavy (non-hydrogen) atoms. The van der Waals surface area contributed by atoms with E-state index >= 15 is 0 Å². The predicted molar refractivity (Wildman–Crippen MR) is 89.0 cm³/mol. The number of allylic oxidation sites excluding steroid dienone is 2. The van der Waals surface area contributed by atoms with Crippen LogP contribution in [0.15, 0.2) is 35.9 Å². The summed E-state index contributed by atoms with van der Waals surface area (Å²) >= 11 is 0. The Hall–Kier alpha value is -1.49. The third-order valence-electron chi connectivity index (χ3n) is 3.69. The summed E-state index contributed by atoms with van der Waals surface area (Å²) in [7, 11) is -3.26. The van der Waals surface area contributed by atoms with Crippen LogP contribution in [0.5, 0.6) is 0 Å². The molecule has 1 aromatic rings. The molecule has 2 unspecified atom stereocenters. The minimum Gasteiger partial charge on any atom is -0.383 e. The van der Waals surface area contributed by atoms with Crippen molar-refractivity contribution in [3.63, 3.8) is 0 Å². The molecule has 4 nitrogen and oxygen atoms in total. The molecule has 0 amide bonds. The zero-order chi connectivity index (χ0) is 15.5. The first-order chi connectivity index (χ1) is 9.83. The van der Waals surface area contributed by atoms with Crippen LogP contribution >= 0.6 is 0 Å². The van der Waals surface area contributed by atoms with Crippen molar-refractivity contribution in [2.45, 2.75) is 26.7 Å². The van der Waals surface area contributed by atoms with Gasteiger partial charge in [-0.3, -0.25) is 4.72 Å². The van der Waals surface area contributed by atoms with Crippen LogP contribution < -0.4 is 10.0 Å². The van der Waals surface area contributed by atoms with Gasteiger partial charge in [-0.2, -0.15) is 0 Å². The SMILES string of the molecule is CC1=CC(C)CC(CNc2ccccc2NS(C)(=O)=O)C1. The normalized spacial score (nSPS) is 22.5. The second-order valence-electron chi connectivity index (χ2n) is 6.10. The van der Waals surface area contributed by atoms with Crippen molar-refractivity contribution < 1.29 is 8.42 Å². The van der Waals surface area contributed by atoms with Gasteiger partial charge in [0, 0.05) is 6.54 Å². The van der Waals surface area contributed by atoms with Gasteiger partial charge in [-0.1, -0.05) is 30.7 Å². The second kappa shape index (κ2) is 6.52. The topological polar surface area (TPSA) is 58.2 Å². The fourth-order valence-electron chi connectivity index (χ4n) is 3.02. The lowest BCUT2D eigenvalue weighted by molar-refractivity contribution is 0.421. The Kier molecular flexibility index (Phi) is 4.93. The summed E-state index contributed by atoms with van der Waals surface area (Å²) in [5.41, 5.74) is 2.89. The van der Waals surface area contributed by atoms with Crippen LogP contribution in [0.1, 0.15) is 26.7 Å². The van der Waals surface area contributed by atoms with E-state index in [-0.39, 0.29) is 0 Å². The van der Waals surface area contributed by atoms with Crippen LogP contribution in [0, 0.1) is 11.8 Å². The Bertz CT molecular complexity index is 623. The van der Waals surface area contributed by atoms with Crippen molar-refractivity contribution >= 4 is 21.4 Å². The average molecular weight is 308 g/mol. The van der Waals surface area contributed by atoms with E-state index in [2.05, 4.69) is 30.0 Å². The molecule has 0 spiro atoms. The number of sulfonamides is 1. The van der Waals surface area contributed by atoms with Crippen LogP contribution in [0.2, 0.25) is 0 Å². The highest BCUT2D eigenvalue weighted by molar-refractivity contribution is 7.92. The summed E-state index contributed by atoms with van der Waals surface area (Å²) in [5, 5.41) is 3.39. The van der Waals surface area contributed by atoms with E-state index in [1.165, 1.54) is 18.2 Å². The van der Waals surface area contributed by atoms with Gasteiger partial charge >= 0.3 is 0 Å². The minimum absolute atomic E-state index is 0.594. The summed E-state index contributed by atoms with van der Waals surface area (Å²) < 4.78 is 25.4. The standard InChI is InChI=1S/C16H24N2O2S/c1-12-8-13(2)10-14(9-12)11-17-15-6-4-5-7-16(15)18-21(3,19)20/h4-8,12,14,17-18H,9-11H2,1-3H3. The van der Waals surface area contributed by atoms with E-state index < -0.39 is 10.0 Å². The summed E-state index contributed by atoms with van der Waals surface area (Å²) in [5.74, 6) is 1.21. The van der Waals surface area contributed by atoms with Crippen LogP contribution in [0.4, 0.5) is 11.4 Å². The Morgan fingerprint density at radius 1 is 1.24 bits per heavy atom. The lowest BCUT2D eigenvalue weighted by Crippen LogP contribution is -2.21. The van der Waals surface area contributed by atoms with Crippen LogP contribution in [0.3, 0.4) is 0 Å². The molecule has 1 aliphatic rings. The van der Waals surface area contributed by atoms with E-state index in [4.69, 9.17) is 0 Å². The van der Waals surface area contributed by atoms with Gasteiger partial charge in [0.2, 0.25) is 10.0 Å². The third-order valence-corrected chi connectivity index (χ3v) is 4.28. The smallest absolute Gasteiger partial charge is 0.229 e. The number of hydrogen-bond donors (Lipinski definition) is 2. The molecule has 0 fully saturated rings. The number of rotatable bonds is 5. The maximum Gasteiger partial charge on any atom is 0.229 e. The van der Waals surface area contributed by atoms with Gasteiger partial charge in [-0.05, 0) is 43.7 Å². The molecule has 2 N–H and O–H groups in total. The van der Waals surface area contributed by atoms with Crippen molar-refractivity contribution in [2.75, 3.05) is 22.8 Å². The van der Waals surface area contributed by atoms with Gasteiger partial charge in [0.15, 0.2) is 0 Å². The lowest BCUT2D eigenvalue weighted by Gasteiger charge is -2.26. The Morgan fingerprint density at radius 3 is 2.52 bits per heavy atom. The quantitative estimate of drug-likeness (QED) is 0.819. The lowest BCUT2D eigenvalue weighted by atomic mass is 9.84. The van der Waals surface area contributed by atoms with Crippen molar-refractivity contribution in [2.24, 2.45) is 11.8 Å². The van der Waals surface area contributed by atoms with Crippen LogP contribution in [0.25, 0.3) is 0 Å². The number of para-hydroxylation sites is 2. The molecule has 2 atom stereocenters. The molecule has 1 aliphatic carbocycles. The first kappa shape index (κ1) is 15.9. The van der Waals surface area contributed by atoms with E-state index in [1.807, 2.05) is 18.2 Å². The highest BCUT2D eigenvalue weighted by Gasteiger charge is 2.18. The van der Waals surface area contributed by atoms with Crippen molar-refractivity contribution in [1.29, 1.82) is 0 Å². The molecule has 0 saturated carbocycles. The fourth-order valence-corrected chi connectivity index (χ4v) is 3.60. The molecular weight excluding hydrogens is 284 g/mol. The number of anilines is 2. The van der Waals surface area contributed by atoms with Gasteiger partial charge in [-0.15, -0.1) is 0 Å². The predicted octanol–water partition coefficient (Wildman–Crippen LogP) is 3.46. The van der Waals surface area contributed by atoms with Gasteiger partial charge < -0.3 is 5.32 Å². The zero-order valence-electron chi connectivity index (χ0n) is 12.9. The van der Waals surface area contributed by atoms with E-state index in [1.54, 1.807) is 6.07 Å². The molecule has 0 bridgehead atoms. The largest absolute Gasteiger partial charge is 0.383 e. The molecule has 2 rings (SSSR count). The molecule has 1 aromatic carbocycles. The summed E-state index contributed by atoms with van der Waals surface area (Å²) in [4.78, 5) is 0. The fraction of sp³-hybridized carbons (Fsp3) is 0.500. The molecular formula is C16H24N2O2S. The monoisotopic (exact) mass is 308 g/mol. The molecule has 0 aromatic heterocycles. The molecule has 116 valence electrons. The van der Waals surface area contributed by atoms with Crippen molar-refractivity contribution in [1.82, 2.24) is 0 Å². The molecule has 0 heterocycles. The maximum atomic E-state index is 11.4. The third kappa shape index (κ3) is 5.08. The molecule has 5 heteroatoms. The summed E-state index contributed by atoms with van der Waals surface area (Å²) in [6, 6.07) is 7.42. The van der Waals surface area contributed by atoms with Gasteiger partial charge in [-0.25, -0.2) is 8.42 Å². The van der Waals surface area contributed by atoms with Crippen LogP contribution in [-0.4, -0.2) is 21.2 Å². The first-order valence-corrected chi connectivity index (χ1v) is 9.20. The molecule has 0 radical (unpaired) electrons. The van der Waals surface area contributed by atoms with Gasteiger partial charge in [0.1, 0.15) is 0 Å². The minimum atomic E-state index is -3.26. The second-order valence-corrected chi connectivity index (χ2v) is 7.85. The maximum absolute atomic E-state index is 11.4. The van der Waals surface area contributed by atoms with Gasteiger partial charge in [0.25, 0.3) is 0 Å². The molecule has 0 aliphatic heterocycles. The van der Waals surface area contributed by atoms with E-state index in [0.29, 0.717) is 17.5 Å².